The average molecular weight is 340 g/mol. The third-order valence-electron chi connectivity index (χ3n) is 3.57. The summed E-state index contributed by atoms with van der Waals surface area (Å²) in [7, 11) is 0. The second kappa shape index (κ2) is 9.47. The van der Waals surface area contributed by atoms with Gasteiger partial charge in [-0.05, 0) is 42.2 Å². The van der Waals surface area contributed by atoms with Gasteiger partial charge in [0.25, 0.3) is 0 Å². The van der Waals surface area contributed by atoms with Crippen molar-refractivity contribution in [3.05, 3.63) is 60.2 Å². The van der Waals surface area contributed by atoms with Crippen molar-refractivity contribution >= 4 is 17.5 Å². The van der Waals surface area contributed by atoms with E-state index in [9.17, 15) is 9.59 Å². The van der Waals surface area contributed by atoms with E-state index in [2.05, 4.69) is 24.5 Å². The molecule has 0 saturated carbocycles. The summed E-state index contributed by atoms with van der Waals surface area (Å²) in [5.74, 6) is -0.109. The molecule has 0 unspecified atom stereocenters. The number of nitrogens with one attached hydrogen (secondary N) is 2. The fraction of sp³-hybridized carbons (Fsp3) is 0.300. The highest BCUT2D eigenvalue weighted by Crippen LogP contribution is 2.17. The number of anilines is 1. The van der Waals surface area contributed by atoms with E-state index in [4.69, 9.17) is 4.74 Å². The van der Waals surface area contributed by atoms with Gasteiger partial charge >= 0.3 is 11.8 Å². The maximum Gasteiger partial charge on any atom is 0.313 e. The lowest BCUT2D eigenvalue weighted by molar-refractivity contribution is -0.136. The molecule has 0 aromatic heterocycles. The van der Waals surface area contributed by atoms with Crippen LogP contribution in [0.3, 0.4) is 0 Å². The SMILES string of the molecule is CC(C)CCNC(=O)C(=O)Nc1ccc(OCc2ccccc2)cc1. The molecular formula is C20H24N2O3. The van der Waals surface area contributed by atoms with E-state index in [1.54, 1.807) is 24.3 Å². The van der Waals surface area contributed by atoms with Gasteiger partial charge in [0.05, 0.1) is 0 Å². The molecule has 0 heterocycles. The molecule has 0 radical (unpaired) electrons. The highest BCUT2D eigenvalue weighted by atomic mass is 16.5. The van der Waals surface area contributed by atoms with Crippen LogP contribution >= 0.6 is 0 Å². The third kappa shape index (κ3) is 6.67. The van der Waals surface area contributed by atoms with E-state index < -0.39 is 11.8 Å². The largest absolute Gasteiger partial charge is 0.489 e. The molecule has 0 fully saturated rings. The smallest absolute Gasteiger partial charge is 0.313 e. The molecule has 2 amide bonds. The predicted molar refractivity (Wildman–Crippen MR) is 98.3 cm³/mol. The van der Waals surface area contributed by atoms with Gasteiger partial charge in [-0.1, -0.05) is 44.2 Å². The molecule has 0 spiro atoms. The summed E-state index contributed by atoms with van der Waals surface area (Å²) in [5, 5.41) is 5.18. The quantitative estimate of drug-likeness (QED) is 0.760. The minimum Gasteiger partial charge on any atom is -0.489 e. The Labute approximate surface area is 148 Å². The van der Waals surface area contributed by atoms with E-state index in [1.165, 1.54) is 0 Å². The number of carbonyl (C=O) groups excluding carboxylic acids is 2. The Balaban J connectivity index is 1.79. The number of hydrogen-bond donors (Lipinski definition) is 2. The second-order valence-electron chi connectivity index (χ2n) is 6.19. The van der Waals surface area contributed by atoms with Crippen molar-refractivity contribution in [3.63, 3.8) is 0 Å². The minimum atomic E-state index is -0.665. The fourth-order valence-corrected chi connectivity index (χ4v) is 2.12. The first-order chi connectivity index (χ1) is 12.0. The highest BCUT2D eigenvalue weighted by Gasteiger charge is 2.13. The molecule has 25 heavy (non-hydrogen) atoms. The topological polar surface area (TPSA) is 67.4 Å². The van der Waals surface area contributed by atoms with Gasteiger partial charge in [-0.15, -0.1) is 0 Å². The summed E-state index contributed by atoms with van der Waals surface area (Å²) < 4.78 is 5.68. The predicted octanol–water partition coefficient (Wildman–Crippen LogP) is 3.37. The van der Waals surface area contributed by atoms with E-state index in [-0.39, 0.29) is 0 Å². The zero-order chi connectivity index (χ0) is 18.1. The molecule has 2 rings (SSSR count). The van der Waals surface area contributed by atoms with Crippen LogP contribution in [0.4, 0.5) is 5.69 Å². The molecule has 0 saturated heterocycles. The van der Waals surface area contributed by atoms with Crippen molar-refractivity contribution in [2.45, 2.75) is 26.9 Å². The van der Waals surface area contributed by atoms with Gasteiger partial charge in [0.2, 0.25) is 0 Å². The summed E-state index contributed by atoms with van der Waals surface area (Å²) in [5.41, 5.74) is 1.63. The first-order valence-electron chi connectivity index (χ1n) is 8.40. The number of amides is 2. The van der Waals surface area contributed by atoms with E-state index in [0.29, 0.717) is 30.5 Å². The first kappa shape index (κ1) is 18.5. The fourth-order valence-electron chi connectivity index (χ4n) is 2.12. The van der Waals surface area contributed by atoms with Crippen LogP contribution in [0, 0.1) is 5.92 Å². The van der Waals surface area contributed by atoms with Crippen LogP contribution < -0.4 is 15.4 Å². The van der Waals surface area contributed by atoms with Gasteiger partial charge in [0.15, 0.2) is 0 Å². The summed E-state index contributed by atoms with van der Waals surface area (Å²) in [6, 6.07) is 16.8. The number of rotatable bonds is 7. The Morgan fingerprint density at radius 1 is 0.960 bits per heavy atom. The summed E-state index contributed by atoms with van der Waals surface area (Å²) >= 11 is 0. The van der Waals surface area contributed by atoms with Crippen molar-refractivity contribution in [2.24, 2.45) is 5.92 Å². The van der Waals surface area contributed by atoms with E-state index in [0.717, 1.165) is 12.0 Å². The molecule has 0 bridgehead atoms. The highest BCUT2D eigenvalue weighted by molar-refractivity contribution is 6.39. The average Bonchev–Trinajstić information content (AvgIpc) is 2.61. The molecule has 5 heteroatoms. The number of benzene rings is 2. The lowest BCUT2D eigenvalue weighted by Gasteiger charge is -2.09. The Morgan fingerprint density at radius 3 is 2.28 bits per heavy atom. The van der Waals surface area contributed by atoms with Crippen LogP contribution in [0.5, 0.6) is 5.75 Å². The first-order valence-corrected chi connectivity index (χ1v) is 8.40. The number of hydrogen-bond acceptors (Lipinski definition) is 3. The zero-order valence-corrected chi connectivity index (χ0v) is 14.6. The maximum absolute atomic E-state index is 11.8. The molecule has 0 aliphatic rings. The van der Waals surface area contributed by atoms with Gasteiger partial charge < -0.3 is 15.4 Å². The monoisotopic (exact) mass is 340 g/mol. The molecular weight excluding hydrogens is 316 g/mol. The Morgan fingerprint density at radius 2 is 1.64 bits per heavy atom. The molecule has 0 atom stereocenters. The van der Waals surface area contributed by atoms with Gasteiger partial charge in [0, 0.05) is 12.2 Å². The molecule has 132 valence electrons. The molecule has 2 aromatic rings. The van der Waals surface area contributed by atoms with Gasteiger partial charge in [-0.25, -0.2) is 0 Å². The molecule has 5 nitrogen and oxygen atoms in total. The molecule has 0 aliphatic carbocycles. The van der Waals surface area contributed by atoms with Crippen LogP contribution in [0.15, 0.2) is 54.6 Å². The van der Waals surface area contributed by atoms with Crippen molar-refractivity contribution in [1.82, 2.24) is 5.32 Å². The Bertz CT molecular complexity index is 682. The number of ether oxygens (including phenoxy) is 1. The Hall–Kier alpha value is -2.82. The van der Waals surface area contributed by atoms with Crippen molar-refractivity contribution in [3.8, 4) is 5.75 Å². The zero-order valence-electron chi connectivity index (χ0n) is 14.6. The van der Waals surface area contributed by atoms with Crippen LogP contribution in [0.25, 0.3) is 0 Å². The van der Waals surface area contributed by atoms with Crippen LogP contribution in [0.2, 0.25) is 0 Å². The van der Waals surface area contributed by atoms with Crippen LogP contribution in [-0.2, 0) is 16.2 Å². The summed E-state index contributed by atoms with van der Waals surface area (Å²) in [6.07, 6.45) is 0.840. The van der Waals surface area contributed by atoms with Crippen LogP contribution in [0.1, 0.15) is 25.8 Å². The molecule has 2 N–H and O–H groups in total. The van der Waals surface area contributed by atoms with Gasteiger partial charge in [-0.2, -0.15) is 0 Å². The summed E-state index contributed by atoms with van der Waals surface area (Å²) in [6.45, 7) is 5.10. The number of carbonyl (C=O) groups is 2. The maximum atomic E-state index is 11.8. The van der Waals surface area contributed by atoms with Crippen molar-refractivity contribution in [2.75, 3.05) is 11.9 Å². The minimum absolute atomic E-state index is 0.477. The lowest BCUT2D eigenvalue weighted by atomic mass is 10.1. The van der Waals surface area contributed by atoms with E-state index in [1.807, 2.05) is 30.3 Å². The standard InChI is InChI=1S/C20H24N2O3/c1-15(2)12-13-21-19(23)20(24)22-17-8-10-18(11-9-17)25-14-16-6-4-3-5-7-16/h3-11,15H,12-14H2,1-2H3,(H,21,23)(H,22,24). The second-order valence-corrected chi connectivity index (χ2v) is 6.19. The van der Waals surface area contributed by atoms with Gasteiger partial charge in [-0.3, -0.25) is 9.59 Å². The van der Waals surface area contributed by atoms with Crippen molar-refractivity contribution < 1.29 is 14.3 Å². The molecule has 0 aliphatic heterocycles. The Kier molecular flexibility index (Phi) is 7.01. The van der Waals surface area contributed by atoms with Crippen molar-refractivity contribution in [1.29, 1.82) is 0 Å². The van der Waals surface area contributed by atoms with E-state index >= 15 is 0 Å². The lowest BCUT2D eigenvalue weighted by Crippen LogP contribution is -2.36. The van der Waals surface area contributed by atoms with Crippen LogP contribution in [-0.4, -0.2) is 18.4 Å². The van der Waals surface area contributed by atoms with Gasteiger partial charge in [0.1, 0.15) is 12.4 Å². The molecule has 2 aromatic carbocycles. The third-order valence-corrected chi connectivity index (χ3v) is 3.57. The summed E-state index contributed by atoms with van der Waals surface area (Å²) in [4.78, 5) is 23.5. The normalized spacial score (nSPS) is 10.4.